The fourth-order valence-corrected chi connectivity index (χ4v) is 2.96. The third-order valence-electron chi connectivity index (χ3n) is 3.30. The number of nitrogens with one attached hydrogen (secondary N) is 1. The minimum absolute atomic E-state index is 0. The van der Waals surface area contributed by atoms with Crippen LogP contribution in [0.2, 0.25) is 0 Å². The second-order valence-corrected chi connectivity index (χ2v) is 7.13. The minimum Gasteiger partial charge on any atom is -0.481 e. The molecule has 0 spiro atoms. The van der Waals surface area contributed by atoms with Gasteiger partial charge in [-0.25, -0.2) is 13.1 Å². The molecule has 0 saturated carbocycles. The van der Waals surface area contributed by atoms with Crippen molar-refractivity contribution in [1.29, 1.82) is 0 Å². The number of carboxylic acids is 1. The van der Waals surface area contributed by atoms with Crippen molar-refractivity contribution in [1.82, 2.24) is 9.62 Å². The van der Waals surface area contributed by atoms with Crippen LogP contribution in [0, 0.1) is 6.92 Å². The number of aliphatic carboxylic acids is 1. The number of sulfonamides is 1. The van der Waals surface area contributed by atoms with Gasteiger partial charge in [-0.3, -0.25) is 4.79 Å². The number of likely N-dealkylation sites (N-methyl/N-ethyl adjacent to an activating group) is 1. The fourth-order valence-electron chi connectivity index (χ4n) is 1.94. The molecule has 1 aromatic rings. The Morgan fingerprint density at radius 3 is 2.35 bits per heavy atom. The molecule has 1 aromatic carbocycles. The molecular formula is C15H25ClN2O4S. The van der Waals surface area contributed by atoms with Gasteiger partial charge in [0.15, 0.2) is 0 Å². The van der Waals surface area contributed by atoms with E-state index in [1.54, 1.807) is 24.3 Å². The number of hydrogen-bond donors (Lipinski definition) is 2. The number of unbranched alkanes of at least 4 members (excludes halogenated alkanes) is 1. The van der Waals surface area contributed by atoms with Crippen molar-refractivity contribution in [2.24, 2.45) is 0 Å². The molecule has 0 aliphatic carbocycles. The zero-order chi connectivity index (χ0) is 16.6. The van der Waals surface area contributed by atoms with Crippen LogP contribution < -0.4 is 4.72 Å². The average Bonchev–Trinajstić information content (AvgIpc) is 2.43. The van der Waals surface area contributed by atoms with E-state index in [-0.39, 0.29) is 23.7 Å². The molecule has 2 N–H and O–H groups in total. The van der Waals surface area contributed by atoms with E-state index in [4.69, 9.17) is 5.11 Å². The Balaban J connectivity index is 0.00000484. The van der Waals surface area contributed by atoms with Gasteiger partial charge >= 0.3 is 5.97 Å². The maximum atomic E-state index is 12.1. The Bertz CT molecular complexity index is 576. The summed E-state index contributed by atoms with van der Waals surface area (Å²) in [5.74, 6) is -0.784. The number of carbonyl (C=O) groups is 1. The lowest BCUT2D eigenvalue weighted by Gasteiger charge is -2.16. The number of carboxylic acid groups (broad SMARTS) is 1. The van der Waals surface area contributed by atoms with Gasteiger partial charge in [-0.05, 0) is 45.5 Å². The lowest BCUT2D eigenvalue weighted by Crippen LogP contribution is -2.33. The van der Waals surface area contributed by atoms with Gasteiger partial charge in [0.2, 0.25) is 10.0 Å². The molecule has 0 fully saturated rings. The fraction of sp³-hybridized carbons (Fsp3) is 0.533. The quantitative estimate of drug-likeness (QED) is 0.619. The van der Waals surface area contributed by atoms with E-state index in [0.717, 1.165) is 18.5 Å². The van der Waals surface area contributed by atoms with Crippen molar-refractivity contribution >= 4 is 28.4 Å². The zero-order valence-electron chi connectivity index (χ0n) is 13.5. The van der Waals surface area contributed by atoms with Gasteiger partial charge in [-0.2, -0.15) is 0 Å². The molecule has 0 heterocycles. The first-order valence-electron chi connectivity index (χ1n) is 7.28. The molecule has 8 heteroatoms. The molecule has 6 nitrogen and oxygen atoms in total. The Labute approximate surface area is 144 Å². The summed E-state index contributed by atoms with van der Waals surface area (Å²) in [7, 11) is -1.57. The second kappa shape index (κ2) is 10.6. The Hall–Kier alpha value is -1.15. The van der Waals surface area contributed by atoms with Gasteiger partial charge in [0, 0.05) is 19.5 Å². The summed E-state index contributed by atoms with van der Waals surface area (Å²) in [6.45, 7) is 3.56. The van der Waals surface area contributed by atoms with Crippen molar-refractivity contribution in [2.75, 3.05) is 26.7 Å². The normalized spacial score (nSPS) is 11.3. The molecule has 0 saturated heterocycles. The summed E-state index contributed by atoms with van der Waals surface area (Å²) in [4.78, 5) is 12.6. The van der Waals surface area contributed by atoms with Crippen LogP contribution in [0.1, 0.15) is 24.8 Å². The van der Waals surface area contributed by atoms with E-state index in [1.165, 1.54) is 0 Å². The number of benzene rings is 1. The molecule has 0 radical (unpaired) electrons. The Morgan fingerprint density at radius 1 is 1.17 bits per heavy atom. The van der Waals surface area contributed by atoms with E-state index in [9.17, 15) is 13.2 Å². The third kappa shape index (κ3) is 8.90. The molecule has 23 heavy (non-hydrogen) atoms. The standard InChI is InChI=1S/C15H24N2O4S.ClH/c1-13-6-8-14(9-7-13)22(20,21)16-10-12-17(2)11-4-3-5-15(18)19;/h6-9,16H,3-5,10-12H2,1-2H3,(H,18,19);1H. The summed E-state index contributed by atoms with van der Waals surface area (Å²) in [5.41, 5.74) is 1.01. The van der Waals surface area contributed by atoms with Crippen LogP contribution in [0.3, 0.4) is 0 Å². The Morgan fingerprint density at radius 2 is 1.78 bits per heavy atom. The smallest absolute Gasteiger partial charge is 0.303 e. The largest absolute Gasteiger partial charge is 0.481 e. The first-order chi connectivity index (χ1) is 10.3. The molecule has 0 bridgehead atoms. The zero-order valence-corrected chi connectivity index (χ0v) is 15.1. The van der Waals surface area contributed by atoms with E-state index in [2.05, 4.69) is 4.72 Å². The van der Waals surface area contributed by atoms with Crippen molar-refractivity contribution in [3.63, 3.8) is 0 Å². The molecule has 1 rings (SSSR count). The highest BCUT2D eigenvalue weighted by Gasteiger charge is 2.13. The molecule has 132 valence electrons. The van der Waals surface area contributed by atoms with E-state index >= 15 is 0 Å². The van der Waals surface area contributed by atoms with Crippen molar-refractivity contribution in [2.45, 2.75) is 31.1 Å². The monoisotopic (exact) mass is 364 g/mol. The maximum absolute atomic E-state index is 12.1. The number of rotatable bonds is 10. The highest BCUT2D eigenvalue weighted by molar-refractivity contribution is 7.89. The number of aryl methyl sites for hydroxylation is 1. The highest BCUT2D eigenvalue weighted by atomic mass is 35.5. The molecule has 0 unspecified atom stereocenters. The lowest BCUT2D eigenvalue weighted by molar-refractivity contribution is -0.137. The van der Waals surface area contributed by atoms with E-state index in [1.807, 2.05) is 18.9 Å². The van der Waals surface area contributed by atoms with Gasteiger partial charge in [0.25, 0.3) is 0 Å². The predicted octanol–water partition coefficient (Wildman–Crippen LogP) is 1.88. The van der Waals surface area contributed by atoms with Crippen LogP contribution in [-0.2, 0) is 14.8 Å². The third-order valence-corrected chi connectivity index (χ3v) is 4.77. The minimum atomic E-state index is -3.46. The average molecular weight is 365 g/mol. The van der Waals surface area contributed by atoms with Crippen LogP contribution in [0.25, 0.3) is 0 Å². The van der Waals surface area contributed by atoms with Crippen LogP contribution in [-0.4, -0.2) is 51.1 Å². The topological polar surface area (TPSA) is 86.7 Å². The maximum Gasteiger partial charge on any atom is 0.303 e. The number of nitrogens with zero attached hydrogens (tertiary/aromatic N) is 1. The summed E-state index contributed by atoms with van der Waals surface area (Å²) in [6, 6.07) is 6.72. The van der Waals surface area contributed by atoms with E-state index < -0.39 is 16.0 Å². The molecule has 0 amide bonds. The first-order valence-corrected chi connectivity index (χ1v) is 8.76. The van der Waals surface area contributed by atoms with Gasteiger partial charge < -0.3 is 10.0 Å². The molecule has 0 aliphatic heterocycles. The highest BCUT2D eigenvalue weighted by Crippen LogP contribution is 2.09. The van der Waals surface area contributed by atoms with E-state index in [0.29, 0.717) is 19.5 Å². The second-order valence-electron chi connectivity index (χ2n) is 5.36. The predicted molar refractivity (Wildman–Crippen MR) is 92.6 cm³/mol. The SMILES string of the molecule is Cc1ccc(S(=O)(=O)NCCN(C)CCCCC(=O)O)cc1.Cl. The molecule has 0 atom stereocenters. The van der Waals surface area contributed by atoms with Crippen LogP contribution in [0.4, 0.5) is 0 Å². The van der Waals surface area contributed by atoms with Crippen molar-refractivity contribution < 1.29 is 18.3 Å². The van der Waals surface area contributed by atoms with Gasteiger partial charge in [-0.1, -0.05) is 17.7 Å². The molecule has 0 aromatic heterocycles. The van der Waals surface area contributed by atoms with Crippen molar-refractivity contribution in [3.05, 3.63) is 29.8 Å². The van der Waals surface area contributed by atoms with Gasteiger partial charge in [-0.15, -0.1) is 12.4 Å². The van der Waals surface area contributed by atoms with Crippen LogP contribution in [0.5, 0.6) is 0 Å². The van der Waals surface area contributed by atoms with Crippen LogP contribution >= 0.6 is 12.4 Å². The number of halogens is 1. The summed E-state index contributed by atoms with van der Waals surface area (Å²) in [6.07, 6.45) is 1.59. The van der Waals surface area contributed by atoms with Crippen molar-refractivity contribution in [3.8, 4) is 0 Å². The first kappa shape index (κ1) is 21.9. The lowest BCUT2D eigenvalue weighted by atomic mass is 10.2. The van der Waals surface area contributed by atoms with Crippen LogP contribution in [0.15, 0.2) is 29.2 Å². The van der Waals surface area contributed by atoms with Gasteiger partial charge in [0.1, 0.15) is 0 Å². The van der Waals surface area contributed by atoms with Gasteiger partial charge in [0.05, 0.1) is 4.90 Å². The molecular weight excluding hydrogens is 340 g/mol. The number of hydrogen-bond acceptors (Lipinski definition) is 4. The molecule has 0 aliphatic rings. The summed E-state index contributed by atoms with van der Waals surface area (Å²) < 4.78 is 26.7. The summed E-state index contributed by atoms with van der Waals surface area (Å²) in [5, 5.41) is 8.54. The Kier molecular flexibility index (Phi) is 10.1. The summed E-state index contributed by atoms with van der Waals surface area (Å²) >= 11 is 0.